The first-order valence-corrected chi connectivity index (χ1v) is 6.20. The molecule has 0 bridgehead atoms. The predicted octanol–water partition coefficient (Wildman–Crippen LogP) is 2.12. The Hall–Kier alpha value is -1.06. The molecule has 0 radical (unpaired) electrons. The Bertz CT molecular complexity index is 311. The van der Waals surface area contributed by atoms with Gasteiger partial charge in [0.15, 0.2) is 0 Å². The molecular formula is C14H24N2O. The SMILES string of the molecule is CCN(C)CC(C)NCc1ccc(OC)cc1. The van der Waals surface area contributed by atoms with Crippen molar-refractivity contribution in [1.82, 2.24) is 10.2 Å². The molecule has 0 aliphatic rings. The summed E-state index contributed by atoms with van der Waals surface area (Å²) in [6, 6.07) is 8.70. The molecule has 0 fully saturated rings. The van der Waals surface area contributed by atoms with E-state index in [0.717, 1.165) is 25.4 Å². The molecule has 3 heteroatoms. The summed E-state index contributed by atoms with van der Waals surface area (Å²) in [4.78, 5) is 2.31. The summed E-state index contributed by atoms with van der Waals surface area (Å²) in [5.74, 6) is 0.910. The lowest BCUT2D eigenvalue weighted by molar-refractivity contribution is 0.309. The zero-order chi connectivity index (χ0) is 12.7. The van der Waals surface area contributed by atoms with Crippen molar-refractivity contribution in [3.05, 3.63) is 29.8 Å². The second-order valence-electron chi connectivity index (χ2n) is 4.48. The van der Waals surface area contributed by atoms with Gasteiger partial charge in [-0.3, -0.25) is 0 Å². The van der Waals surface area contributed by atoms with E-state index in [0.29, 0.717) is 6.04 Å². The van der Waals surface area contributed by atoms with Crippen molar-refractivity contribution in [2.24, 2.45) is 0 Å². The molecule has 0 amide bonds. The van der Waals surface area contributed by atoms with E-state index in [1.54, 1.807) is 7.11 Å². The molecule has 1 aromatic rings. The Balaban J connectivity index is 2.34. The number of rotatable bonds is 7. The fourth-order valence-corrected chi connectivity index (χ4v) is 1.70. The second kappa shape index (κ2) is 7.30. The number of nitrogens with one attached hydrogen (secondary N) is 1. The van der Waals surface area contributed by atoms with Gasteiger partial charge in [-0.15, -0.1) is 0 Å². The summed E-state index contributed by atoms with van der Waals surface area (Å²) < 4.78 is 5.13. The van der Waals surface area contributed by atoms with Crippen LogP contribution in [0.3, 0.4) is 0 Å². The number of hydrogen-bond acceptors (Lipinski definition) is 3. The lowest BCUT2D eigenvalue weighted by Gasteiger charge is -2.20. The van der Waals surface area contributed by atoms with Crippen LogP contribution in [0, 0.1) is 0 Å². The van der Waals surface area contributed by atoms with Crippen LogP contribution in [0.15, 0.2) is 24.3 Å². The third-order valence-corrected chi connectivity index (χ3v) is 2.94. The van der Waals surface area contributed by atoms with Crippen LogP contribution in [-0.2, 0) is 6.54 Å². The number of nitrogens with zero attached hydrogens (tertiary/aromatic N) is 1. The van der Waals surface area contributed by atoms with Gasteiger partial charge in [0, 0.05) is 19.1 Å². The van der Waals surface area contributed by atoms with Gasteiger partial charge in [0.25, 0.3) is 0 Å². The Morgan fingerprint density at radius 3 is 2.47 bits per heavy atom. The molecule has 0 saturated carbocycles. The van der Waals surface area contributed by atoms with Crippen LogP contribution in [0.5, 0.6) is 5.75 Å². The molecule has 1 atom stereocenters. The molecule has 1 N–H and O–H groups in total. The smallest absolute Gasteiger partial charge is 0.118 e. The maximum atomic E-state index is 5.13. The molecule has 17 heavy (non-hydrogen) atoms. The van der Waals surface area contributed by atoms with Crippen LogP contribution in [-0.4, -0.2) is 38.2 Å². The molecule has 0 aromatic heterocycles. The Labute approximate surface area is 105 Å². The molecule has 0 aliphatic carbocycles. The summed E-state index contributed by atoms with van der Waals surface area (Å²) in [5.41, 5.74) is 1.29. The van der Waals surface area contributed by atoms with Crippen LogP contribution < -0.4 is 10.1 Å². The maximum absolute atomic E-state index is 5.13. The molecule has 0 saturated heterocycles. The van der Waals surface area contributed by atoms with Crippen molar-refractivity contribution in [3.63, 3.8) is 0 Å². The van der Waals surface area contributed by atoms with Gasteiger partial charge in [0.05, 0.1) is 7.11 Å². The lowest BCUT2D eigenvalue weighted by Crippen LogP contribution is -2.36. The third-order valence-electron chi connectivity index (χ3n) is 2.94. The van der Waals surface area contributed by atoms with Gasteiger partial charge in [0.2, 0.25) is 0 Å². The molecule has 1 unspecified atom stereocenters. The fraction of sp³-hybridized carbons (Fsp3) is 0.571. The van der Waals surface area contributed by atoms with E-state index in [-0.39, 0.29) is 0 Å². The maximum Gasteiger partial charge on any atom is 0.118 e. The molecule has 1 aromatic carbocycles. The lowest BCUT2D eigenvalue weighted by atomic mass is 10.2. The van der Waals surface area contributed by atoms with Crippen LogP contribution in [0.2, 0.25) is 0 Å². The number of benzene rings is 1. The summed E-state index contributed by atoms with van der Waals surface area (Å²) in [7, 11) is 3.83. The zero-order valence-corrected chi connectivity index (χ0v) is 11.4. The van der Waals surface area contributed by atoms with E-state index >= 15 is 0 Å². The highest BCUT2D eigenvalue weighted by atomic mass is 16.5. The van der Waals surface area contributed by atoms with Crippen LogP contribution in [0.4, 0.5) is 0 Å². The molecular weight excluding hydrogens is 212 g/mol. The minimum atomic E-state index is 0.502. The summed E-state index contributed by atoms with van der Waals surface area (Å²) in [6.45, 7) is 7.47. The Morgan fingerprint density at radius 2 is 1.94 bits per heavy atom. The molecule has 0 heterocycles. The standard InChI is InChI=1S/C14H24N2O/c1-5-16(3)11-12(2)15-10-13-6-8-14(17-4)9-7-13/h6-9,12,15H,5,10-11H2,1-4H3. The van der Waals surface area contributed by atoms with E-state index in [1.165, 1.54) is 5.56 Å². The van der Waals surface area contributed by atoms with Crippen molar-refractivity contribution in [1.29, 1.82) is 0 Å². The molecule has 0 aliphatic heterocycles. The first-order valence-electron chi connectivity index (χ1n) is 6.20. The van der Waals surface area contributed by atoms with E-state index < -0.39 is 0 Å². The average molecular weight is 236 g/mol. The van der Waals surface area contributed by atoms with E-state index in [2.05, 4.69) is 43.2 Å². The normalized spacial score (nSPS) is 12.8. The van der Waals surface area contributed by atoms with E-state index in [9.17, 15) is 0 Å². The fourth-order valence-electron chi connectivity index (χ4n) is 1.70. The predicted molar refractivity (Wildman–Crippen MR) is 72.5 cm³/mol. The molecule has 0 spiro atoms. The van der Waals surface area contributed by atoms with Crippen LogP contribution in [0.25, 0.3) is 0 Å². The largest absolute Gasteiger partial charge is 0.497 e. The Kier molecular flexibility index (Phi) is 6.01. The monoisotopic (exact) mass is 236 g/mol. The van der Waals surface area contributed by atoms with Crippen molar-refractivity contribution in [2.45, 2.75) is 26.4 Å². The third kappa shape index (κ3) is 5.20. The number of likely N-dealkylation sites (N-methyl/N-ethyl adjacent to an activating group) is 1. The number of methoxy groups -OCH3 is 1. The number of hydrogen-bond donors (Lipinski definition) is 1. The molecule has 3 nitrogen and oxygen atoms in total. The van der Waals surface area contributed by atoms with Crippen molar-refractivity contribution < 1.29 is 4.74 Å². The average Bonchev–Trinajstić information content (AvgIpc) is 2.36. The number of ether oxygens (including phenoxy) is 1. The van der Waals surface area contributed by atoms with E-state index in [1.807, 2.05) is 12.1 Å². The topological polar surface area (TPSA) is 24.5 Å². The first kappa shape index (κ1) is 14.0. The van der Waals surface area contributed by atoms with Crippen LogP contribution >= 0.6 is 0 Å². The minimum absolute atomic E-state index is 0.502. The summed E-state index contributed by atoms with van der Waals surface area (Å²) in [6.07, 6.45) is 0. The Morgan fingerprint density at radius 1 is 1.29 bits per heavy atom. The van der Waals surface area contributed by atoms with Gasteiger partial charge >= 0.3 is 0 Å². The highest BCUT2D eigenvalue weighted by Gasteiger charge is 2.04. The van der Waals surface area contributed by atoms with Gasteiger partial charge < -0.3 is 15.0 Å². The van der Waals surface area contributed by atoms with Gasteiger partial charge in [-0.25, -0.2) is 0 Å². The van der Waals surface area contributed by atoms with Gasteiger partial charge in [-0.1, -0.05) is 19.1 Å². The van der Waals surface area contributed by atoms with Gasteiger partial charge in [-0.05, 0) is 38.2 Å². The molecule has 96 valence electrons. The van der Waals surface area contributed by atoms with Crippen molar-refractivity contribution in [2.75, 3.05) is 27.2 Å². The minimum Gasteiger partial charge on any atom is -0.497 e. The highest BCUT2D eigenvalue weighted by molar-refractivity contribution is 5.27. The zero-order valence-electron chi connectivity index (χ0n) is 11.4. The first-order chi connectivity index (χ1) is 8.15. The van der Waals surface area contributed by atoms with Gasteiger partial charge in [-0.2, -0.15) is 0 Å². The second-order valence-corrected chi connectivity index (χ2v) is 4.48. The van der Waals surface area contributed by atoms with Gasteiger partial charge in [0.1, 0.15) is 5.75 Å². The quantitative estimate of drug-likeness (QED) is 0.785. The molecule has 1 rings (SSSR count). The van der Waals surface area contributed by atoms with Crippen molar-refractivity contribution >= 4 is 0 Å². The van der Waals surface area contributed by atoms with E-state index in [4.69, 9.17) is 4.74 Å². The summed E-state index contributed by atoms with van der Waals surface area (Å²) >= 11 is 0. The highest BCUT2D eigenvalue weighted by Crippen LogP contribution is 2.11. The summed E-state index contributed by atoms with van der Waals surface area (Å²) in [5, 5.41) is 3.52. The van der Waals surface area contributed by atoms with Crippen LogP contribution in [0.1, 0.15) is 19.4 Å². The van der Waals surface area contributed by atoms with Crippen molar-refractivity contribution in [3.8, 4) is 5.75 Å².